The van der Waals surface area contributed by atoms with E-state index in [0.717, 1.165) is 18.4 Å². The second-order valence-corrected chi connectivity index (χ2v) is 4.72. The van der Waals surface area contributed by atoms with Gasteiger partial charge in [-0.25, -0.2) is 4.79 Å². The Morgan fingerprint density at radius 2 is 1.82 bits per heavy atom. The topological polar surface area (TPSA) is 29.5 Å². The van der Waals surface area contributed by atoms with Gasteiger partial charge < -0.3 is 9.64 Å². The SMILES string of the molecule is CC1CCC(C)N1C(=O)OCc1ccccc1. The molecule has 1 aromatic rings. The number of rotatable bonds is 2. The highest BCUT2D eigenvalue weighted by Gasteiger charge is 2.32. The van der Waals surface area contributed by atoms with Crippen LogP contribution >= 0.6 is 0 Å². The van der Waals surface area contributed by atoms with E-state index in [1.807, 2.05) is 35.2 Å². The molecule has 2 unspecified atom stereocenters. The number of carbonyl (C=O) groups is 1. The monoisotopic (exact) mass is 233 g/mol. The van der Waals surface area contributed by atoms with Crippen LogP contribution in [-0.4, -0.2) is 23.1 Å². The third-order valence-corrected chi connectivity index (χ3v) is 3.37. The fraction of sp³-hybridized carbons (Fsp3) is 0.500. The molecule has 1 aliphatic heterocycles. The molecule has 1 aromatic carbocycles. The molecule has 0 N–H and O–H groups in total. The molecule has 3 heteroatoms. The lowest BCUT2D eigenvalue weighted by atomic mass is 10.2. The highest BCUT2D eigenvalue weighted by Crippen LogP contribution is 2.24. The molecule has 0 radical (unpaired) electrons. The minimum Gasteiger partial charge on any atom is -0.445 e. The first-order valence-electron chi connectivity index (χ1n) is 6.17. The number of hydrogen-bond donors (Lipinski definition) is 0. The van der Waals surface area contributed by atoms with Gasteiger partial charge in [0.15, 0.2) is 0 Å². The number of likely N-dealkylation sites (tertiary alicyclic amines) is 1. The standard InChI is InChI=1S/C14H19NO2/c1-11-8-9-12(2)15(11)14(16)17-10-13-6-4-3-5-7-13/h3-7,11-12H,8-10H2,1-2H3. The Morgan fingerprint density at radius 1 is 1.24 bits per heavy atom. The molecule has 0 aliphatic carbocycles. The molecule has 17 heavy (non-hydrogen) atoms. The first-order valence-corrected chi connectivity index (χ1v) is 6.17. The number of ether oxygens (including phenoxy) is 1. The molecule has 0 saturated carbocycles. The fourth-order valence-electron chi connectivity index (χ4n) is 2.35. The van der Waals surface area contributed by atoms with Crippen LogP contribution in [0, 0.1) is 0 Å². The van der Waals surface area contributed by atoms with E-state index < -0.39 is 0 Å². The van der Waals surface area contributed by atoms with E-state index in [0.29, 0.717) is 18.7 Å². The van der Waals surface area contributed by atoms with Crippen molar-refractivity contribution in [3.63, 3.8) is 0 Å². The van der Waals surface area contributed by atoms with Crippen LogP contribution in [0.15, 0.2) is 30.3 Å². The Labute approximate surface area is 102 Å². The highest BCUT2D eigenvalue weighted by atomic mass is 16.6. The van der Waals surface area contributed by atoms with E-state index in [2.05, 4.69) is 13.8 Å². The Kier molecular flexibility index (Phi) is 3.67. The fourth-order valence-corrected chi connectivity index (χ4v) is 2.35. The molecule has 1 aliphatic rings. The van der Waals surface area contributed by atoms with Gasteiger partial charge in [0.1, 0.15) is 6.61 Å². The molecular weight excluding hydrogens is 214 g/mol. The molecule has 0 bridgehead atoms. The zero-order valence-corrected chi connectivity index (χ0v) is 10.4. The molecule has 3 nitrogen and oxygen atoms in total. The van der Waals surface area contributed by atoms with E-state index in [-0.39, 0.29) is 6.09 Å². The summed E-state index contributed by atoms with van der Waals surface area (Å²) in [4.78, 5) is 13.8. The molecule has 0 spiro atoms. The first-order chi connectivity index (χ1) is 8.18. The van der Waals surface area contributed by atoms with E-state index in [4.69, 9.17) is 4.74 Å². The summed E-state index contributed by atoms with van der Waals surface area (Å²) in [6, 6.07) is 10.4. The van der Waals surface area contributed by atoms with Crippen LogP contribution in [0.2, 0.25) is 0 Å². The van der Waals surface area contributed by atoms with Crippen molar-refractivity contribution in [1.29, 1.82) is 0 Å². The van der Waals surface area contributed by atoms with E-state index in [1.54, 1.807) is 0 Å². The van der Waals surface area contributed by atoms with Crippen molar-refractivity contribution in [2.24, 2.45) is 0 Å². The molecule has 2 atom stereocenters. The normalized spacial score (nSPS) is 23.8. The lowest BCUT2D eigenvalue weighted by molar-refractivity contribution is 0.0833. The van der Waals surface area contributed by atoms with Crippen molar-refractivity contribution in [2.75, 3.05) is 0 Å². The van der Waals surface area contributed by atoms with Crippen molar-refractivity contribution in [3.8, 4) is 0 Å². The smallest absolute Gasteiger partial charge is 0.410 e. The second-order valence-electron chi connectivity index (χ2n) is 4.72. The molecule has 92 valence electrons. The third kappa shape index (κ3) is 2.78. The summed E-state index contributed by atoms with van der Waals surface area (Å²) < 4.78 is 5.34. The number of nitrogens with zero attached hydrogens (tertiary/aromatic N) is 1. The maximum absolute atomic E-state index is 11.9. The van der Waals surface area contributed by atoms with Gasteiger partial charge in [-0.3, -0.25) is 0 Å². The Hall–Kier alpha value is -1.51. The summed E-state index contributed by atoms with van der Waals surface area (Å²) in [5.74, 6) is 0. The lowest BCUT2D eigenvalue weighted by Gasteiger charge is -2.25. The average Bonchev–Trinajstić information content (AvgIpc) is 2.67. The molecule has 1 fully saturated rings. The zero-order valence-electron chi connectivity index (χ0n) is 10.4. The van der Waals surface area contributed by atoms with Gasteiger partial charge in [0.2, 0.25) is 0 Å². The quantitative estimate of drug-likeness (QED) is 0.785. The average molecular weight is 233 g/mol. The summed E-state index contributed by atoms with van der Waals surface area (Å²) in [6.45, 7) is 4.51. The van der Waals surface area contributed by atoms with Gasteiger partial charge in [0.25, 0.3) is 0 Å². The van der Waals surface area contributed by atoms with Gasteiger partial charge in [0, 0.05) is 12.1 Å². The maximum Gasteiger partial charge on any atom is 0.410 e. The minimum absolute atomic E-state index is 0.189. The third-order valence-electron chi connectivity index (χ3n) is 3.37. The lowest BCUT2D eigenvalue weighted by Crippen LogP contribution is -2.38. The molecule has 2 rings (SSSR count). The summed E-state index contributed by atoms with van der Waals surface area (Å²) in [5, 5.41) is 0. The van der Waals surface area contributed by atoms with E-state index >= 15 is 0 Å². The summed E-state index contributed by atoms with van der Waals surface area (Å²) in [7, 11) is 0. The van der Waals surface area contributed by atoms with Crippen LogP contribution in [0.5, 0.6) is 0 Å². The summed E-state index contributed by atoms with van der Waals surface area (Å²) in [5.41, 5.74) is 1.03. The second kappa shape index (κ2) is 5.21. The van der Waals surface area contributed by atoms with Crippen molar-refractivity contribution in [1.82, 2.24) is 4.90 Å². The van der Waals surface area contributed by atoms with E-state index in [1.165, 1.54) is 0 Å². The molecule has 1 heterocycles. The zero-order chi connectivity index (χ0) is 12.3. The van der Waals surface area contributed by atoms with Crippen LogP contribution in [0.1, 0.15) is 32.3 Å². The molecule has 1 amide bonds. The number of hydrogen-bond acceptors (Lipinski definition) is 2. The summed E-state index contributed by atoms with van der Waals surface area (Å²) >= 11 is 0. The summed E-state index contributed by atoms with van der Waals surface area (Å²) in [6.07, 6.45) is 1.95. The van der Waals surface area contributed by atoms with Crippen LogP contribution in [0.3, 0.4) is 0 Å². The molecular formula is C14H19NO2. The number of amides is 1. The first kappa shape index (κ1) is 12.0. The van der Waals surface area contributed by atoms with Crippen LogP contribution in [0.4, 0.5) is 4.79 Å². The largest absolute Gasteiger partial charge is 0.445 e. The van der Waals surface area contributed by atoms with E-state index in [9.17, 15) is 4.79 Å². The van der Waals surface area contributed by atoms with Gasteiger partial charge >= 0.3 is 6.09 Å². The van der Waals surface area contributed by atoms with Crippen molar-refractivity contribution >= 4 is 6.09 Å². The predicted molar refractivity (Wildman–Crippen MR) is 66.6 cm³/mol. The molecule has 0 aromatic heterocycles. The Balaban J connectivity index is 1.89. The van der Waals surface area contributed by atoms with Crippen LogP contribution in [0.25, 0.3) is 0 Å². The van der Waals surface area contributed by atoms with Gasteiger partial charge in [0.05, 0.1) is 0 Å². The van der Waals surface area contributed by atoms with Gasteiger partial charge in [-0.15, -0.1) is 0 Å². The predicted octanol–water partition coefficient (Wildman–Crippen LogP) is 3.20. The van der Waals surface area contributed by atoms with Gasteiger partial charge in [-0.2, -0.15) is 0 Å². The minimum atomic E-state index is -0.189. The molecule has 1 saturated heterocycles. The number of benzene rings is 1. The van der Waals surface area contributed by atoms with Crippen molar-refractivity contribution < 1.29 is 9.53 Å². The van der Waals surface area contributed by atoms with Gasteiger partial charge in [-0.05, 0) is 32.3 Å². The number of carbonyl (C=O) groups excluding carboxylic acids is 1. The Bertz CT molecular complexity index is 367. The van der Waals surface area contributed by atoms with Crippen LogP contribution in [-0.2, 0) is 11.3 Å². The van der Waals surface area contributed by atoms with Crippen molar-refractivity contribution in [3.05, 3.63) is 35.9 Å². The Morgan fingerprint density at radius 3 is 2.41 bits per heavy atom. The maximum atomic E-state index is 11.9. The highest BCUT2D eigenvalue weighted by molar-refractivity contribution is 5.68. The van der Waals surface area contributed by atoms with Crippen LogP contribution < -0.4 is 0 Å². The van der Waals surface area contributed by atoms with Crippen molar-refractivity contribution in [2.45, 2.75) is 45.4 Å². The van der Waals surface area contributed by atoms with Gasteiger partial charge in [-0.1, -0.05) is 30.3 Å².